The minimum absolute atomic E-state index is 0.252. The van der Waals surface area contributed by atoms with Gasteiger partial charge in [0, 0.05) is 12.3 Å². The zero-order valence-electron chi connectivity index (χ0n) is 16.5. The summed E-state index contributed by atoms with van der Waals surface area (Å²) >= 11 is 0. The summed E-state index contributed by atoms with van der Waals surface area (Å²) in [7, 11) is 0. The van der Waals surface area contributed by atoms with Gasteiger partial charge in [-0.05, 0) is 44.2 Å². The smallest absolute Gasteiger partial charge is 0.0561 e. The van der Waals surface area contributed by atoms with Gasteiger partial charge in [-0.3, -0.25) is 0 Å². The average molecular weight is 145 g/mol. The summed E-state index contributed by atoms with van der Waals surface area (Å²) < 4.78 is 82.2. The zero-order chi connectivity index (χ0) is 17.0. The molecule has 1 aromatic rings. The fraction of sp³-hybridized carbons (Fsp3) is 0.400. The van der Waals surface area contributed by atoms with Crippen LogP contribution in [0.2, 0.25) is 0 Å². The van der Waals surface area contributed by atoms with Gasteiger partial charge in [0.25, 0.3) is 0 Å². The number of benzene rings is 1. The van der Waals surface area contributed by atoms with Crippen LogP contribution in [0.15, 0.2) is 12.1 Å². The molecule has 0 aliphatic rings. The van der Waals surface area contributed by atoms with Crippen molar-refractivity contribution < 1.29 is 15.1 Å². The Bertz CT molecular complexity index is 456. The molecule has 0 aromatic heterocycles. The number of hydrogen-bond donors (Lipinski definition) is 0. The van der Waals surface area contributed by atoms with E-state index >= 15 is 0 Å². The Kier molecular flexibility index (Phi) is 0.374. The molecule has 0 aliphatic carbocycles. The third kappa shape index (κ3) is 1.21. The van der Waals surface area contributed by atoms with E-state index in [9.17, 15) is 0 Å². The molecule has 0 saturated carbocycles. The van der Waals surface area contributed by atoms with Crippen molar-refractivity contribution in [1.82, 2.24) is 0 Å². The Morgan fingerprint density at radius 3 is 2.20 bits per heavy atom. The first kappa shape index (κ1) is 1.52. The summed E-state index contributed by atoms with van der Waals surface area (Å²) in [5.41, 5.74) is -2.35. The van der Waals surface area contributed by atoms with E-state index < -0.39 is 49.3 Å². The van der Waals surface area contributed by atoms with Crippen LogP contribution in [-0.2, 0) is 0 Å². The second-order valence-electron chi connectivity index (χ2n) is 2.00. The highest BCUT2D eigenvalue weighted by molar-refractivity contribution is 5.35. The van der Waals surface area contributed by atoms with Crippen LogP contribution in [0.5, 0.6) is 0 Å². The third-order valence-corrected chi connectivity index (χ3v) is 1.25. The van der Waals surface area contributed by atoms with Crippen LogP contribution in [0.4, 0.5) is 0 Å². The lowest BCUT2D eigenvalue weighted by Crippen LogP contribution is -1.86. The van der Waals surface area contributed by atoms with Crippen molar-refractivity contribution >= 4 is 0 Å². The summed E-state index contributed by atoms with van der Waals surface area (Å²) in [5, 5.41) is 0. The number of hydrogen-bond acceptors (Lipinski definition) is 0. The van der Waals surface area contributed by atoms with Crippen LogP contribution < -0.4 is 0 Å². The lowest BCUT2D eigenvalue weighted by molar-refractivity contribution is 1.23. The van der Waals surface area contributed by atoms with Gasteiger partial charge in [-0.15, -0.1) is 0 Å². The Labute approximate surface area is 78.3 Å². The summed E-state index contributed by atoms with van der Waals surface area (Å²) in [4.78, 5) is 0. The Morgan fingerprint density at radius 1 is 1.20 bits per heavy atom. The Morgan fingerprint density at radius 2 is 1.80 bits per heavy atom. The van der Waals surface area contributed by atoms with Crippen molar-refractivity contribution in [3.8, 4) is 0 Å². The highest BCUT2D eigenvalue weighted by atomic mass is 14.0. The van der Waals surface area contributed by atoms with Crippen LogP contribution in [-0.4, -0.2) is 0 Å². The highest BCUT2D eigenvalue weighted by Crippen LogP contribution is 2.13. The molecule has 0 spiro atoms. The van der Waals surface area contributed by atoms with E-state index in [0.717, 1.165) is 0 Å². The Balaban J connectivity index is 4.04. The van der Waals surface area contributed by atoms with Crippen LogP contribution in [0.25, 0.3) is 0 Å². The van der Waals surface area contributed by atoms with Crippen molar-refractivity contribution in [3.63, 3.8) is 0 Å². The molecule has 0 radical (unpaired) electrons. The normalized spacial score (nSPS) is 29.9. The first-order valence-electron chi connectivity index (χ1n) is 8.25. The van der Waals surface area contributed by atoms with Crippen molar-refractivity contribution in [2.24, 2.45) is 0 Å². The van der Waals surface area contributed by atoms with Gasteiger partial charge in [-0.25, -0.2) is 0 Å². The van der Waals surface area contributed by atoms with Gasteiger partial charge in [0.15, 0.2) is 0 Å². The van der Waals surface area contributed by atoms with E-state index in [-0.39, 0.29) is 5.56 Å². The highest BCUT2D eigenvalue weighted by Gasteiger charge is 1.95. The molecule has 0 aliphatic heterocycles. The van der Waals surface area contributed by atoms with Crippen LogP contribution >= 0.6 is 0 Å². The fourth-order valence-corrected chi connectivity index (χ4v) is 0.594. The zero-order valence-corrected chi connectivity index (χ0v) is 5.50. The molecular formula is C10H14. The van der Waals surface area contributed by atoms with Gasteiger partial charge >= 0.3 is 0 Å². The maximum Gasteiger partial charge on any atom is 0.0628 e. The molecule has 1 rings (SSSR count). The molecule has 0 atom stereocenters. The molecule has 0 nitrogen and oxygen atoms in total. The summed E-state index contributed by atoms with van der Waals surface area (Å²) in [6, 6.07) is -1.63. The molecule has 0 bridgehead atoms. The van der Waals surface area contributed by atoms with E-state index in [2.05, 4.69) is 0 Å². The monoisotopic (exact) mass is 145 g/mol. The Hall–Kier alpha value is -0.780. The predicted octanol–water partition coefficient (Wildman–Crippen LogP) is 2.92. The molecule has 54 valence electrons. The minimum atomic E-state index is -2.94. The van der Waals surface area contributed by atoms with E-state index in [1.165, 1.54) is 6.92 Å². The molecule has 1 aromatic carbocycles. The van der Waals surface area contributed by atoms with Gasteiger partial charge in [0.2, 0.25) is 0 Å². The first-order chi connectivity index (χ1) is 9.10. The van der Waals surface area contributed by atoms with Gasteiger partial charge in [-0.1, -0.05) is 17.6 Å². The van der Waals surface area contributed by atoms with E-state index in [1.54, 1.807) is 0 Å². The molecule has 0 N–H and O–H groups in total. The number of rotatable bonds is 0. The summed E-state index contributed by atoms with van der Waals surface area (Å²) in [6.07, 6.45) is 0. The molecule has 0 unspecified atom stereocenters. The van der Waals surface area contributed by atoms with Crippen molar-refractivity contribution in [1.29, 1.82) is 0 Å². The largest absolute Gasteiger partial charge is 0.0628 e. The molecule has 0 heterocycles. The van der Waals surface area contributed by atoms with Gasteiger partial charge in [0.1, 0.15) is 0 Å². The van der Waals surface area contributed by atoms with Crippen LogP contribution in [0, 0.1) is 27.5 Å². The first-order valence-corrected chi connectivity index (χ1v) is 2.75. The molecule has 0 amide bonds. The maximum atomic E-state index is 7.82. The fourth-order valence-electron chi connectivity index (χ4n) is 0.594. The van der Waals surface area contributed by atoms with E-state index in [0.29, 0.717) is 0 Å². The average Bonchev–Trinajstić information content (AvgIpc) is 2.07. The minimum Gasteiger partial charge on any atom is -0.0561 e. The van der Waals surface area contributed by atoms with Gasteiger partial charge < -0.3 is 0 Å². The standard InChI is InChI=1S/C10H14/c1-7-5-8(2)10(4)9(3)6-7/h5-6H,1-4H3/i1D3,2D3,3D3,5D,6D. The van der Waals surface area contributed by atoms with Crippen molar-refractivity contribution in [2.75, 3.05) is 0 Å². The lowest BCUT2D eigenvalue weighted by Gasteiger charge is -2.04. The quantitative estimate of drug-likeness (QED) is 0.526. The summed E-state index contributed by atoms with van der Waals surface area (Å²) in [5.74, 6) is 0. The molecule has 0 saturated heterocycles. The van der Waals surface area contributed by atoms with Crippen LogP contribution in [0.1, 0.15) is 37.3 Å². The molecule has 0 heteroatoms. The SMILES string of the molecule is [2H]c1c(C([2H])([2H])[2H])c([2H])c(C([2H])([2H])[2H])c(C)c1C([2H])([2H])[2H]. The van der Waals surface area contributed by atoms with E-state index in [1.807, 2.05) is 0 Å². The molecule has 0 fully saturated rings. The molecular weight excluding hydrogens is 120 g/mol. The predicted molar refractivity (Wildman–Crippen MR) is 45.4 cm³/mol. The van der Waals surface area contributed by atoms with Gasteiger partial charge in [-0.2, -0.15) is 0 Å². The van der Waals surface area contributed by atoms with Crippen molar-refractivity contribution in [2.45, 2.75) is 27.5 Å². The van der Waals surface area contributed by atoms with Crippen molar-refractivity contribution in [3.05, 3.63) is 34.3 Å². The molecule has 10 heavy (non-hydrogen) atoms. The second kappa shape index (κ2) is 2.45. The third-order valence-electron chi connectivity index (χ3n) is 1.25. The van der Waals surface area contributed by atoms with E-state index in [4.69, 9.17) is 15.1 Å². The second-order valence-corrected chi connectivity index (χ2v) is 2.00. The lowest BCUT2D eigenvalue weighted by atomic mass is 10.0. The van der Waals surface area contributed by atoms with Gasteiger partial charge in [0.05, 0.1) is 2.74 Å². The van der Waals surface area contributed by atoms with Crippen LogP contribution in [0.3, 0.4) is 0 Å². The topological polar surface area (TPSA) is 0 Å². The maximum absolute atomic E-state index is 7.82. The summed E-state index contributed by atoms with van der Waals surface area (Å²) in [6.45, 7) is -7.44.